The summed E-state index contributed by atoms with van der Waals surface area (Å²) < 4.78 is 33.4. The highest BCUT2D eigenvalue weighted by atomic mass is 19.1. The van der Waals surface area contributed by atoms with Crippen LogP contribution in [0.5, 0.6) is 5.75 Å². The maximum atomic E-state index is 14.1. The zero-order chi connectivity index (χ0) is 31.6. The van der Waals surface area contributed by atoms with Crippen molar-refractivity contribution in [1.29, 1.82) is 0 Å². The summed E-state index contributed by atoms with van der Waals surface area (Å²) in [5.74, 6) is -1.21. The lowest BCUT2D eigenvalue weighted by molar-refractivity contribution is -0.141. The molecule has 1 heterocycles. The van der Waals surface area contributed by atoms with Gasteiger partial charge < -0.3 is 25.4 Å². The summed E-state index contributed by atoms with van der Waals surface area (Å²) in [6, 6.07) is 18.8. The van der Waals surface area contributed by atoms with Gasteiger partial charge in [0.25, 0.3) is 0 Å². The zero-order valence-electron chi connectivity index (χ0n) is 25.6. The summed E-state index contributed by atoms with van der Waals surface area (Å²) in [6.07, 6.45) is 0.561. The topological polar surface area (TPSA) is 90.9 Å². The number of aliphatic hydroxyl groups excluding tert-OH is 1. The number of methoxy groups -OCH3 is 1. The minimum Gasteiger partial charge on any atom is -0.497 e. The maximum absolute atomic E-state index is 14.1. The number of nitrogens with one attached hydrogen (secondary N) is 2. The van der Waals surface area contributed by atoms with Crippen LogP contribution in [-0.4, -0.2) is 60.2 Å². The van der Waals surface area contributed by atoms with Crippen molar-refractivity contribution in [2.75, 3.05) is 20.2 Å². The first kappa shape index (κ1) is 33.1. The van der Waals surface area contributed by atoms with Gasteiger partial charge in [0.1, 0.15) is 23.4 Å². The lowest BCUT2D eigenvalue weighted by atomic mass is 9.94. The molecule has 0 aromatic heterocycles. The molecule has 1 aliphatic rings. The molecule has 0 spiro atoms. The first-order valence-electron chi connectivity index (χ1n) is 15.3. The van der Waals surface area contributed by atoms with Gasteiger partial charge in [0.15, 0.2) is 0 Å². The van der Waals surface area contributed by atoms with Crippen LogP contribution < -0.4 is 15.4 Å². The first-order valence-corrected chi connectivity index (χ1v) is 15.3. The third-order valence-electron chi connectivity index (χ3n) is 8.30. The molecule has 0 bridgehead atoms. The number of carbonyl (C=O) groups is 2. The van der Waals surface area contributed by atoms with Gasteiger partial charge in [0, 0.05) is 31.6 Å². The number of hydrogen-bond acceptors (Lipinski definition) is 5. The number of halogens is 2. The van der Waals surface area contributed by atoms with Gasteiger partial charge in [0.05, 0.1) is 19.3 Å². The van der Waals surface area contributed by atoms with Crippen LogP contribution in [0.4, 0.5) is 8.78 Å². The molecule has 4 rings (SSSR count). The van der Waals surface area contributed by atoms with Crippen LogP contribution in [0.1, 0.15) is 43.4 Å². The number of aryl methyl sites for hydroxylation is 1. The van der Waals surface area contributed by atoms with E-state index in [1.807, 2.05) is 68.4 Å². The molecule has 236 valence electrons. The Kier molecular flexibility index (Phi) is 11.9. The van der Waals surface area contributed by atoms with Crippen molar-refractivity contribution in [3.63, 3.8) is 0 Å². The number of carbonyl (C=O) groups excluding carboxylic acids is 2. The van der Waals surface area contributed by atoms with Gasteiger partial charge in [-0.1, -0.05) is 56.3 Å². The van der Waals surface area contributed by atoms with E-state index in [1.54, 1.807) is 12.0 Å². The largest absolute Gasteiger partial charge is 0.497 e. The fourth-order valence-corrected chi connectivity index (χ4v) is 5.86. The Hall–Kier alpha value is -3.82. The molecule has 1 fully saturated rings. The summed E-state index contributed by atoms with van der Waals surface area (Å²) in [5, 5.41) is 17.5. The molecule has 0 radical (unpaired) electrons. The highest BCUT2D eigenvalue weighted by Gasteiger charge is 2.40. The molecule has 3 aromatic carbocycles. The summed E-state index contributed by atoms with van der Waals surface area (Å²) in [7, 11) is 1.59. The molecule has 44 heavy (non-hydrogen) atoms. The van der Waals surface area contributed by atoms with Gasteiger partial charge >= 0.3 is 0 Å². The number of benzene rings is 3. The molecular weight excluding hydrogens is 564 g/mol. The summed E-state index contributed by atoms with van der Waals surface area (Å²) in [5.41, 5.74) is 2.29. The van der Waals surface area contributed by atoms with Gasteiger partial charge in [-0.15, -0.1) is 0 Å². The van der Waals surface area contributed by atoms with Gasteiger partial charge in [-0.05, 0) is 72.6 Å². The normalized spacial score (nSPS) is 17.0. The monoisotopic (exact) mass is 607 g/mol. The molecule has 2 amide bonds. The average Bonchev–Trinajstić information content (AvgIpc) is 3.38. The number of amides is 2. The molecule has 0 saturated carbocycles. The molecule has 1 aliphatic heterocycles. The summed E-state index contributed by atoms with van der Waals surface area (Å²) in [4.78, 5) is 29.0. The molecule has 9 heteroatoms. The molecule has 4 atom stereocenters. The molecule has 0 aliphatic carbocycles. The van der Waals surface area contributed by atoms with Crippen molar-refractivity contribution >= 4 is 11.8 Å². The Morgan fingerprint density at radius 1 is 1.00 bits per heavy atom. The van der Waals surface area contributed by atoms with Gasteiger partial charge in [-0.2, -0.15) is 0 Å². The Bertz CT molecular complexity index is 1370. The fraction of sp³-hybridized carbons (Fsp3) is 0.429. The van der Waals surface area contributed by atoms with E-state index in [9.17, 15) is 23.5 Å². The molecule has 0 unspecified atom stereocenters. The summed E-state index contributed by atoms with van der Waals surface area (Å²) in [6.45, 7) is 5.02. The standard InChI is InChI=1S/C35H43F2N3O4/c1-23(2)30-14-15-40(35(30)43)32(13-12-24-8-5-4-6-9-24)34(42)39-31(19-26-16-27(36)20-28(37)17-26)33(41)22-38-21-25-10-7-11-29(18-25)44-3/h4-11,16-18,20,23,30-33,38,41H,12-15,19,21-22H2,1-3H3,(H,39,42)/t30-,31+,32+,33-/m1/s1. The minimum absolute atomic E-state index is 0.00357. The highest BCUT2D eigenvalue weighted by molar-refractivity contribution is 5.90. The fourth-order valence-electron chi connectivity index (χ4n) is 5.86. The van der Waals surface area contributed by atoms with E-state index < -0.39 is 35.7 Å². The van der Waals surface area contributed by atoms with Crippen LogP contribution in [0.25, 0.3) is 0 Å². The Morgan fingerprint density at radius 2 is 1.70 bits per heavy atom. The van der Waals surface area contributed by atoms with Gasteiger partial charge in [0.2, 0.25) is 11.8 Å². The lowest BCUT2D eigenvalue weighted by Gasteiger charge is -2.31. The molecule has 3 aromatic rings. The molecular formula is C35H43F2N3O4. The van der Waals surface area contributed by atoms with Crippen LogP contribution >= 0.6 is 0 Å². The van der Waals surface area contributed by atoms with Crippen molar-refractivity contribution in [2.24, 2.45) is 11.8 Å². The minimum atomic E-state index is -1.09. The average molecular weight is 608 g/mol. The van der Waals surface area contributed by atoms with E-state index >= 15 is 0 Å². The van der Waals surface area contributed by atoms with Crippen molar-refractivity contribution in [3.8, 4) is 5.75 Å². The lowest BCUT2D eigenvalue weighted by Crippen LogP contribution is -2.55. The number of nitrogens with zero attached hydrogens (tertiary/aromatic N) is 1. The van der Waals surface area contributed by atoms with Crippen molar-refractivity contribution in [1.82, 2.24) is 15.5 Å². The van der Waals surface area contributed by atoms with E-state index in [0.29, 0.717) is 43.7 Å². The number of aliphatic hydroxyl groups is 1. The van der Waals surface area contributed by atoms with Crippen molar-refractivity contribution in [2.45, 2.75) is 64.3 Å². The molecule has 7 nitrogen and oxygen atoms in total. The first-order chi connectivity index (χ1) is 21.1. The number of hydrogen-bond donors (Lipinski definition) is 3. The molecule has 3 N–H and O–H groups in total. The quantitative estimate of drug-likeness (QED) is 0.234. The van der Waals surface area contributed by atoms with Crippen LogP contribution in [0, 0.1) is 23.5 Å². The molecule has 1 saturated heterocycles. The van der Waals surface area contributed by atoms with Crippen molar-refractivity contribution < 1.29 is 28.2 Å². The van der Waals surface area contributed by atoms with Crippen LogP contribution in [0.15, 0.2) is 72.8 Å². The summed E-state index contributed by atoms with van der Waals surface area (Å²) >= 11 is 0. The van der Waals surface area contributed by atoms with E-state index in [4.69, 9.17) is 4.74 Å². The van der Waals surface area contributed by atoms with E-state index in [-0.39, 0.29) is 30.7 Å². The van der Waals surface area contributed by atoms with Crippen LogP contribution in [-0.2, 0) is 29.0 Å². The Morgan fingerprint density at radius 3 is 2.36 bits per heavy atom. The van der Waals surface area contributed by atoms with E-state index in [1.165, 1.54) is 12.1 Å². The predicted octanol–water partition coefficient (Wildman–Crippen LogP) is 4.66. The smallest absolute Gasteiger partial charge is 0.243 e. The number of rotatable bonds is 15. The van der Waals surface area contributed by atoms with Crippen LogP contribution in [0.2, 0.25) is 0 Å². The van der Waals surface area contributed by atoms with E-state index in [2.05, 4.69) is 10.6 Å². The van der Waals surface area contributed by atoms with Gasteiger partial charge in [-0.25, -0.2) is 8.78 Å². The maximum Gasteiger partial charge on any atom is 0.243 e. The third-order valence-corrected chi connectivity index (χ3v) is 8.30. The SMILES string of the molecule is COc1cccc(CNC[C@@H](O)[C@H](Cc2cc(F)cc(F)c2)NC(=O)[C@H](CCc2ccccc2)N2CC[C@H](C(C)C)C2=O)c1. The third kappa shape index (κ3) is 9.09. The van der Waals surface area contributed by atoms with E-state index in [0.717, 1.165) is 17.2 Å². The Balaban J connectivity index is 1.53. The van der Waals surface area contributed by atoms with Gasteiger partial charge in [-0.3, -0.25) is 9.59 Å². The van der Waals surface area contributed by atoms with Crippen molar-refractivity contribution in [3.05, 3.63) is 101 Å². The zero-order valence-corrected chi connectivity index (χ0v) is 25.6. The second-order valence-electron chi connectivity index (χ2n) is 11.9. The number of ether oxygens (including phenoxy) is 1. The number of likely N-dealkylation sites (tertiary alicyclic amines) is 1. The second-order valence-corrected chi connectivity index (χ2v) is 11.9. The highest BCUT2D eigenvalue weighted by Crippen LogP contribution is 2.28. The second kappa shape index (κ2) is 15.8. The predicted molar refractivity (Wildman–Crippen MR) is 166 cm³/mol. The van der Waals surface area contributed by atoms with Crippen LogP contribution in [0.3, 0.4) is 0 Å². The Labute approximate surface area is 258 Å².